The molecule has 0 bridgehead atoms. The fourth-order valence-electron chi connectivity index (χ4n) is 0.963. The Morgan fingerprint density at radius 1 is 1.29 bits per heavy atom. The number of azo groups is 1. The lowest BCUT2D eigenvalue weighted by molar-refractivity contribution is 0.585. The maximum Gasteiger partial charge on any atom is 0.217 e. The first-order valence-electron chi connectivity index (χ1n) is 4.34. The SMILES string of the molecule is CC(C)(C)c1nc(C2=NCN=N2)ns1. The fraction of sp³-hybridized carbons (Fsp3) is 0.625. The van der Waals surface area contributed by atoms with E-state index in [9.17, 15) is 0 Å². The number of hydrogen-bond donors (Lipinski definition) is 0. The van der Waals surface area contributed by atoms with E-state index in [2.05, 4.69) is 45.3 Å². The van der Waals surface area contributed by atoms with Gasteiger partial charge >= 0.3 is 0 Å². The predicted molar refractivity (Wildman–Crippen MR) is 54.9 cm³/mol. The maximum absolute atomic E-state index is 4.39. The van der Waals surface area contributed by atoms with Crippen molar-refractivity contribution in [1.82, 2.24) is 9.36 Å². The molecule has 0 N–H and O–H groups in total. The van der Waals surface area contributed by atoms with Crippen molar-refractivity contribution in [1.29, 1.82) is 0 Å². The van der Waals surface area contributed by atoms with Gasteiger partial charge in [-0.15, -0.1) is 5.11 Å². The second-order valence-corrected chi connectivity index (χ2v) is 4.79. The van der Waals surface area contributed by atoms with Crippen LogP contribution < -0.4 is 0 Å². The average Bonchev–Trinajstić information content (AvgIpc) is 2.73. The van der Waals surface area contributed by atoms with Crippen LogP contribution in [0.4, 0.5) is 0 Å². The number of aromatic nitrogens is 2. The second kappa shape index (κ2) is 3.20. The molecule has 1 aliphatic heterocycles. The molecule has 0 fully saturated rings. The van der Waals surface area contributed by atoms with Crippen LogP contribution in [0.5, 0.6) is 0 Å². The van der Waals surface area contributed by atoms with Crippen LogP contribution in [0.1, 0.15) is 31.6 Å². The molecule has 0 saturated heterocycles. The van der Waals surface area contributed by atoms with E-state index in [1.807, 2.05) is 0 Å². The summed E-state index contributed by atoms with van der Waals surface area (Å²) in [7, 11) is 0. The van der Waals surface area contributed by atoms with Crippen LogP contribution in [0.3, 0.4) is 0 Å². The summed E-state index contributed by atoms with van der Waals surface area (Å²) < 4.78 is 4.21. The molecule has 14 heavy (non-hydrogen) atoms. The highest BCUT2D eigenvalue weighted by molar-refractivity contribution is 7.05. The quantitative estimate of drug-likeness (QED) is 0.710. The lowest BCUT2D eigenvalue weighted by Crippen LogP contribution is -2.11. The van der Waals surface area contributed by atoms with Gasteiger partial charge in [0, 0.05) is 5.41 Å². The molecular formula is C8H11N5S. The van der Waals surface area contributed by atoms with Crippen molar-refractivity contribution in [3.8, 4) is 0 Å². The van der Waals surface area contributed by atoms with Crippen molar-refractivity contribution in [2.75, 3.05) is 6.67 Å². The van der Waals surface area contributed by atoms with Crippen molar-refractivity contribution in [2.24, 2.45) is 15.2 Å². The Bertz CT molecular complexity index is 398. The Hall–Kier alpha value is -1.17. The van der Waals surface area contributed by atoms with E-state index in [4.69, 9.17) is 0 Å². The summed E-state index contributed by atoms with van der Waals surface area (Å²) in [6, 6.07) is 0. The van der Waals surface area contributed by atoms with Gasteiger partial charge in [-0.1, -0.05) is 20.8 Å². The van der Waals surface area contributed by atoms with Crippen LogP contribution in [0.15, 0.2) is 15.2 Å². The second-order valence-electron chi connectivity index (χ2n) is 4.04. The fourth-order valence-corrected chi connectivity index (χ4v) is 1.66. The Kier molecular flexibility index (Phi) is 2.14. The van der Waals surface area contributed by atoms with E-state index in [0.717, 1.165) is 5.01 Å². The summed E-state index contributed by atoms with van der Waals surface area (Å²) in [6.07, 6.45) is 0. The minimum absolute atomic E-state index is 0.0340. The topological polar surface area (TPSA) is 62.9 Å². The van der Waals surface area contributed by atoms with Gasteiger partial charge in [0.1, 0.15) is 5.01 Å². The molecule has 1 aromatic heterocycles. The molecule has 0 radical (unpaired) electrons. The number of aliphatic imine (C=N–C) groups is 1. The molecule has 0 atom stereocenters. The zero-order valence-electron chi connectivity index (χ0n) is 8.35. The van der Waals surface area contributed by atoms with Crippen LogP contribution >= 0.6 is 11.5 Å². The molecule has 2 rings (SSSR count). The molecule has 1 aromatic rings. The van der Waals surface area contributed by atoms with Gasteiger partial charge in [0.15, 0.2) is 6.67 Å². The summed E-state index contributed by atoms with van der Waals surface area (Å²) in [5.41, 5.74) is 0.0340. The third kappa shape index (κ3) is 1.70. The number of hydrogen-bond acceptors (Lipinski definition) is 6. The van der Waals surface area contributed by atoms with Crippen molar-refractivity contribution < 1.29 is 0 Å². The van der Waals surface area contributed by atoms with Crippen molar-refractivity contribution in [3.05, 3.63) is 10.8 Å². The first-order chi connectivity index (χ1) is 6.57. The highest BCUT2D eigenvalue weighted by Gasteiger charge is 2.21. The summed E-state index contributed by atoms with van der Waals surface area (Å²) in [5.74, 6) is 1.15. The van der Waals surface area contributed by atoms with Crippen molar-refractivity contribution >= 4 is 17.4 Å². The Morgan fingerprint density at radius 3 is 2.57 bits per heavy atom. The number of nitrogens with zero attached hydrogens (tertiary/aromatic N) is 5. The molecular weight excluding hydrogens is 198 g/mol. The van der Waals surface area contributed by atoms with Gasteiger partial charge in [-0.3, -0.25) is 0 Å². The standard InChI is InChI=1S/C8H11N5S/c1-8(2,3)7-11-6(13-14-7)5-9-4-10-12-5/h4H2,1-3H3. The van der Waals surface area contributed by atoms with Crippen LogP contribution in [0.2, 0.25) is 0 Å². The minimum Gasteiger partial charge on any atom is -0.236 e. The van der Waals surface area contributed by atoms with E-state index in [-0.39, 0.29) is 5.41 Å². The highest BCUT2D eigenvalue weighted by atomic mass is 32.1. The molecule has 0 saturated carbocycles. The third-order valence-corrected chi connectivity index (χ3v) is 2.86. The van der Waals surface area contributed by atoms with Crippen molar-refractivity contribution in [2.45, 2.75) is 26.2 Å². The van der Waals surface area contributed by atoms with E-state index in [0.29, 0.717) is 18.3 Å². The monoisotopic (exact) mass is 209 g/mol. The number of amidine groups is 1. The zero-order chi connectivity index (χ0) is 10.2. The lowest BCUT2D eigenvalue weighted by atomic mass is 9.98. The zero-order valence-corrected chi connectivity index (χ0v) is 9.17. The molecule has 0 unspecified atom stereocenters. The normalized spacial score (nSPS) is 16.1. The minimum atomic E-state index is 0.0340. The smallest absolute Gasteiger partial charge is 0.217 e. The van der Waals surface area contributed by atoms with Crippen LogP contribution in [0.25, 0.3) is 0 Å². The molecule has 0 spiro atoms. The molecule has 74 valence electrons. The Labute approximate surface area is 86.2 Å². The molecule has 2 heterocycles. The maximum atomic E-state index is 4.39. The largest absolute Gasteiger partial charge is 0.236 e. The van der Waals surface area contributed by atoms with Gasteiger partial charge in [0.2, 0.25) is 11.7 Å². The van der Waals surface area contributed by atoms with E-state index in [1.165, 1.54) is 11.5 Å². The van der Waals surface area contributed by atoms with Gasteiger partial charge in [0.05, 0.1) is 0 Å². The summed E-state index contributed by atoms with van der Waals surface area (Å²) in [5, 5.41) is 8.61. The van der Waals surface area contributed by atoms with Gasteiger partial charge in [0.25, 0.3) is 0 Å². The number of rotatable bonds is 1. The molecule has 0 amide bonds. The van der Waals surface area contributed by atoms with E-state index < -0.39 is 0 Å². The first-order valence-corrected chi connectivity index (χ1v) is 5.11. The van der Waals surface area contributed by atoms with Crippen LogP contribution in [-0.4, -0.2) is 21.9 Å². The third-order valence-electron chi connectivity index (χ3n) is 1.72. The van der Waals surface area contributed by atoms with Gasteiger partial charge in [-0.2, -0.15) is 9.49 Å². The van der Waals surface area contributed by atoms with Crippen LogP contribution in [-0.2, 0) is 5.41 Å². The summed E-state index contributed by atoms with van der Waals surface area (Å²) in [6.45, 7) is 6.72. The Morgan fingerprint density at radius 2 is 2.07 bits per heavy atom. The predicted octanol–water partition coefficient (Wildman–Crippen LogP) is 2.01. The van der Waals surface area contributed by atoms with Gasteiger partial charge in [-0.25, -0.2) is 9.98 Å². The first kappa shape index (κ1) is 9.39. The van der Waals surface area contributed by atoms with Gasteiger partial charge < -0.3 is 0 Å². The molecule has 0 aliphatic carbocycles. The molecule has 6 heteroatoms. The lowest BCUT2D eigenvalue weighted by Gasteiger charge is -2.12. The van der Waals surface area contributed by atoms with E-state index in [1.54, 1.807) is 0 Å². The van der Waals surface area contributed by atoms with E-state index >= 15 is 0 Å². The summed E-state index contributed by atoms with van der Waals surface area (Å²) >= 11 is 1.40. The summed E-state index contributed by atoms with van der Waals surface area (Å²) in [4.78, 5) is 8.45. The molecule has 1 aliphatic rings. The van der Waals surface area contributed by atoms with Crippen molar-refractivity contribution in [3.63, 3.8) is 0 Å². The molecule has 5 nitrogen and oxygen atoms in total. The average molecular weight is 209 g/mol. The highest BCUT2D eigenvalue weighted by Crippen LogP contribution is 2.24. The Balaban J connectivity index is 2.30. The van der Waals surface area contributed by atoms with Gasteiger partial charge in [-0.05, 0) is 11.5 Å². The van der Waals surface area contributed by atoms with Crippen LogP contribution in [0, 0.1) is 0 Å². The molecule has 0 aromatic carbocycles.